The van der Waals surface area contributed by atoms with Crippen molar-refractivity contribution < 1.29 is 9.53 Å². The number of hydrogen-bond donors (Lipinski definition) is 0. The first kappa shape index (κ1) is 15.7. The molecule has 0 spiro atoms. The highest BCUT2D eigenvalue weighted by Crippen LogP contribution is 2.30. The van der Waals surface area contributed by atoms with E-state index in [4.69, 9.17) is 4.74 Å². The van der Waals surface area contributed by atoms with Crippen LogP contribution >= 0.6 is 15.9 Å². The molecule has 0 fully saturated rings. The Balaban J connectivity index is 3.09. The zero-order valence-electron chi connectivity index (χ0n) is 11.7. The van der Waals surface area contributed by atoms with Crippen LogP contribution in [0.1, 0.15) is 32.2 Å². The van der Waals surface area contributed by atoms with E-state index in [0.29, 0.717) is 0 Å². The lowest BCUT2D eigenvalue weighted by Gasteiger charge is -2.19. The van der Waals surface area contributed by atoms with Gasteiger partial charge in [-0.15, -0.1) is 0 Å². The van der Waals surface area contributed by atoms with Gasteiger partial charge in [0.1, 0.15) is 0 Å². The van der Waals surface area contributed by atoms with Crippen molar-refractivity contribution in [1.29, 1.82) is 5.26 Å². The number of hydrogen-bond acceptors (Lipinski definition) is 4. The number of ether oxygens (including phenoxy) is 1. The number of carbonyl (C=O) groups is 1. The Morgan fingerprint density at radius 2 is 2.21 bits per heavy atom. The number of rotatable bonds is 5. The summed E-state index contributed by atoms with van der Waals surface area (Å²) in [5, 5.41) is 13.7. The van der Waals surface area contributed by atoms with Gasteiger partial charge in [-0.2, -0.15) is 10.4 Å². The number of carbonyl (C=O) groups excluding carboxylic acids is 1. The summed E-state index contributed by atoms with van der Waals surface area (Å²) in [5.74, 6) is -0.497. The van der Waals surface area contributed by atoms with E-state index in [-0.39, 0.29) is 13.0 Å². The Morgan fingerprint density at radius 1 is 1.58 bits per heavy atom. The van der Waals surface area contributed by atoms with Crippen LogP contribution in [-0.4, -0.2) is 22.4 Å². The van der Waals surface area contributed by atoms with Crippen LogP contribution in [-0.2, 0) is 29.4 Å². The highest BCUT2D eigenvalue weighted by Gasteiger charge is 2.37. The van der Waals surface area contributed by atoms with Crippen molar-refractivity contribution >= 4 is 21.9 Å². The Bertz CT molecular complexity index is 519. The number of nitrogens with zero attached hydrogens (tertiary/aromatic N) is 3. The molecule has 6 heteroatoms. The Labute approximate surface area is 121 Å². The van der Waals surface area contributed by atoms with Gasteiger partial charge in [0.15, 0.2) is 5.41 Å². The minimum Gasteiger partial charge on any atom is -0.465 e. The molecule has 104 valence electrons. The van der Waals surface area contributed by atoms with Gasteiger partial charge in [-0.1, -0.05) is 6.92 Å². The Kier molecular flexibility index (Phi) is 5.12. The molecular weight excluding hydrogens is 310 g/mol. The predicted molar refractivity (Wildman–Crippen MR) is 74.3 cm³/mol. The maximum atomic E-state index is 11.9. The molecule has 0 saturated carbocycles. The predicted octanol–water partition coefficient (Wildman–Crippen LogP) is 2.38. The molecule has 5 nitrogen and oxygen atoms in total. The fourth-order valence-electron chi connectivity index (χ4n) is 1.79. The normalized spacial score (nSPS) is 13.7. The average molecular weight is 328 g/mol. The highest BCUT2D eigenvalue weighted by molar-refractivity contribution is 9.10. The van der Waals surface area contributed by atoms with E-state index in [0.717, 1.165) is 22.3 Å². The van der Waals surface area contributed by atoms with E-state index in [2.05, 4.69) is 27.1 Å². The van der Waals surface area contributed by atoms with Crippen LogP contribution in [0.2, 0.25) is 0 Å². The molecule has 1 aromatic heterocycles. The molecule has 0 aliphatic heterocycles. The molecule has 1 unspecified atom stereocenters. The SMILES string of the molecule is CCOC(=O)C(C)(C#N)Cc1c(Br)c(CC)nn1C. The minimum atomic E-state index is -1.20. The second kappa shape index (κ2) is 6.20. The number of aryl methyl sites for hydroxylation is 2. The molecule has 0 aliphatic carbocycles. The monoisotopic (exact) mass is 327 g/mol. The van der Waals surface area contributed by atoms with Crippen LogP contribution < -0.4 is 0 Å². The topological polar surface area (TPSA) is 67.9 Å². The van der Waals surface area contributed by atoms with Crippen molar-refractivity contribution in [3.8, 4) is 6.07 Å². The highest BCUT2D eigenvalue weighted by atomic mass is 79.9. The first-order valence-electron chi connectivity index (χ1n) is 6.18. The lowest BCUT2D eigenvalue weighted by atomic mass is 9.87. The van der Waals surface area contributed by atoms with Crippen molar-refractivity contribution in [2.24, 2.45) is 12.5 Å². The van der Waals surface area contributed by atoms with Crippen LogP contribution in [0.3, 0.4) is 0 Å². The molecule has 0 amide bonds. The molecule has 0 aromatic carbocycles. The molecule has 1 atom stereocenters. The van der Waals surface area contributed by atoms with E-state index in [9.17, 15) is 10.1 Å². The average Bonchev–Trinajstić information content (AvgIpc) is 2.66. The first-order chi connectivity index (χ1) is 8.89. The van der Waals surface area contributed by atoms with E-state index < -0.39 is 11.4 Å². The van der Waals surface area contributed by atoms with Crippen molar-refractivity contribution in [1.82, 2.24) is 9.78 Å². The fraction of sp³-hybridized carbons (Fsp3) is 0.615. The van der Waals surface area contributed by atoms with Crippen molar-refractivity contribution in [3.63, 3.8) is 0 Å². The molecule has 1 rings (SSSR count). The lowest BCUT2D eigenvalue weighted by Crippen LogP contribution is -2.31. The summed E-state index contributed by atoms with van der Waals surface area (Å²) >= 11 is 3.49. The summed E-state index contributed by atoms with van der Waals surface area (Å²) in [6.45, 7) is 5.59. The van der Waals surface area contributed by atoms with Gasteiger partial charge < -0.3 is 4.74 Å². The zero-order valence-corrected chi connectivity index (χ0v) is 13.2. The Morgan fingerprint density at radius 3 is 2.63 bits per heavy atom. The minimum absolute atomic E-state index is 0.267. The van der Waals surface area contributed by atoms with Crippen LogP contribution in [0, 0.1) is 16.7 Å². The summed E-state index contributed by atoms with van der Waals surface area (Å²) < 4.78 is 7.55. The van der Waals surface area contributed by atoms with Gasteiger partial charge >= 0.3 is 5.97 Å². The first-order valence-corrected chi connectivity index (χ1v) is 6.97. The van der Waals surface area contributed by atoms with E-state index >= 15 is 0 Å². The van der Waals surface area contributed by atoms with Gasteiger partial charge in [0.2, 0.25) is 0 Å². The number of aromatic nitrogens is 2. The summed E-state index contributed by atoms with van der Waals surface area (Å²) in [7, 11) is 1.81. The van der Waals surface area contributed by atoms with Crippen LogP contribution in [0.15, 0.2) is 4.47 Å². The summed E-state index contributed by atoms with van der Waals surface area (Å²) in [6.07, 6.45) is 1.06. The fourth-order valence-corrected chi connectivity index (χ4v) is 2.55. The van der Waals surface area contributed by atoms with Crippen LogP contribution in [0.25, 0.3) is 0 Å². The smallest absolute Gasteiger partial charge is 0.326 e. The maximum Gasteiger partial charge on any atom is 0.326 e. The largest absolute Gasteiger partial charge is 0.465 e. The van der Waals surface area contributed by atoms with Gasteiger partial charge in [0, 0.05) is 13.5 Å². The van der Waals surface area contributed by atoms with E-state index in [1.54, 1.807) is 18.5 Å². The molecule has 1 aromatic rings. The van der Waals surface area contributed by atoms with Crippen LogP contribution in [0.4, 0.5) is 0 Å². The maximum absolute atomic E-state index is 11.9. The van der Waals surface area contributed by atoms with E-state index in [1.165, 1.54) is 0 Å². The molecule has 0 N–H and O–H groups in total. The molecule has 0 aliphatic rings. The molecule has 19 heavy (non-hydrogen) atoms. The van der Waals surface area contributed by atoms with Gasteiger partial charge in [-0.05, 0) is 36.2 Å². The Hall–Kier alpha value is -1.35. The number of nitriles is 1. The summed E-state index contributed by atoms with van der Waals surface area (Å²) in [4.78, 5) is 11.9. The van der Waals surface area contributed by atoms with Crippen LogP contribution in [0.5, 0.6) is 0 Å². The van der Waals surface area contributed by atoms with E-state index in [1.807, 2.05) is 14.0 Å². The molecule has 1 heterocycles. The number of halogens is 1. The van der Waals surface area contributed by atoms with Crippen molar-refractivity contribution in [3.05, 3.63) is 15.9 Å². The second-order valence-corrected chi connectivity index (χ2v) is 5.32. The number of esters is 1. The third kappa shape index (κ3) is 3.16. The lowest BCUT2D eigenvalue weighted by molar-refractivity contribution is -0.151. The molecule has 0 radical (unpaired) electrons. The van der Waals surface area contributed by atoms with Gasteiger partial charge in [0.25, 0.3) is 0 Å². The third-order valence-electron chi connectivity index (χ3n) is 3.00. The molecule has 0 bridgehead atoms. The van der Waals surface area contributed by atoms with Crippen molar-refractivity contribution in [2.75, 3.05) is 6.61 Å². The summed E-state index contributed by atoms with van der Waals surface area (Å²) in [6, 6.07) is 2.06. The molecule has 0 saturated heterocycles. The quantitative estimate of drug-likeness (QED) is 0.778. The molecular formula is C13H18BrN3O2. The van der Waals surface area contributed by atoms with Gasteiger partial charge in [-0.25, -0.2) is 0 Å². The summed E-state index contributed by atoms with van der Waals surface area (Å²) in [5.41, 5.74) is 0.549. The third-order valence-corrected chi connectivity index (χ3v) is 3.91. The second-order valence-electron chi connectivity index (χ2n) is 4.53. The van der Waals surface area contributed by atoms with Gasteiger partial charge in [-0.3, -0.25) is 9.48 Å². The zero-order chi connectivity index (χ0) is 14.6. The van der Waals surface area contributed by atoms with Crippen molar-refractivity contribution in [2.45, 2.75) is 33.6 Å². The standard InChI is InChI=1S/C13H18BrN3O2/c1-5-9-11(14)10(17(4)16-9)7-13(3,8-15)12(18)19-6-2/h5-7H2,1-4H3. The van der Waals surface area contributed by atoms with Gasteiger partial charge in [0.05, 0.1) is 28.5 Å².